The van der Waals surface area contributed by atoms with Crippen molar-refractivity contribution in [3.05, 3.63) is 95.1 Å². The van der Waals surface area contributed by atoms with E-state index in [0.29, 0.717) is 49.5 Å². The highest BCUT2D eigenvalue weighted by atomic mass is 19.4. The SMILES string of the molecule is CCCN1C(=O)c2ccccc2[C@H]1Nc1ccc(C(=O)N2CCN(c3cccc(C(F)(F)F)c3)CC2)cc1. The summed E-state index contributed by atoms with van der Waals surface area (Å²) in [5.74, 6) is -0.106. The minimum absolute atomic E-state index is 0.0102. The summed E-state index contributed by atoms with van der Waals surface area (Å²) < 4.78 is 39.2. The number of carbonyl (C=O) groups excluding carboxylic acids is 2. The number of carbonyl (C=O) groups is 2. The van der Waals surface area contributed by atoms with Gasteiger partial charge in [0, 0.05) is 60.8 Å². The smallest absolute Gasteiger partial charge is 0.368 e. The van der Waals surface area contributed by atoms with Gasteiger partial charge in [0.1, 0.15) is 6.17 Å². The Hall–Kier alpha value is -4.01. The van der Waals surface area contributed by atoms with Crippen molar-refractivity contribution >= 4 is 23.2 Å². The molecule has 9 heteroatoms. The van der Waals surface area contributed by atoms with Crippen LogP contribution in [-0.4, -0.2) is 54.3 Å². The summed E-state index contributed by atoms with van der Waals surface area (Å²) in [6.07, 6.45) is -3.82. The molecule has 1 saturated heterocycles. The lowest BCUT2D eigenvalue weighted by atomic mass is 10.1. The Morgan fingerprint density at radius 2 is 1.66 bits per heavy atom. The van der Waals surface area contributed by atoms with Crippen LogP contribution < -0.4 is 10.2 Å². The van der Waals surface area contributed by atoms with Gasteiger partial charge in [-0.15, -0.1) is 0 Å². The van der Waals surface area contributed by atoms with Crippen molar-refractivity contribution in [2.75, 3.05) is 42.9 Å². The highest BCUT2D eigenvalue weighted by molar-refractivity contribution is 5.99. The van der Waals surface area contributed by atoms with Crippen LogP contribution >= 0.6 is 0 Å². The highest BCUT2D eigenvalue weighted by Crippen LogP contribution is 2.35. The summed E-state index contributed by atoms with van der Waals surface area (Å²) in [7, 11) is 0. The predicted octanol–water partition coefficient (Wildman–Crippen LogP) is 5.64. The van der Waals surface area contributed by atoms with Crippen LogP contribution in [0.1, 0.15) is 51.4 Å². The molecule has 6 nitrogen and oxygen atoms in total. The molecule has 1 N–H and O–H groups in total. The second-order valence-electron chi connectivity index (χ2n) is 9.54. The molecule has 3 aromatic carbocycles. The summed E-state index contributed by atoms with van der Waals surface area (Å²) in [5.41, 5.74) is 2.80. The summed E-state index contributed by atoms with van der Waals surface area (Å²) in [6.45, 7) is 4.41. The van der Waals surface area contributed by atoms with Gasteiger partial charge in [-0.1, -0.05) is 31.2 Å². The van der Waals surface area contributed by atoms with Crippen LogP contribution in [0.4, 0.5) is 24.5 Å². The maximum atomic E-state index is 13.1. The summed E-state index contributed by atoms with van der Waals surface area (Å²) in [5, 5.41) is 3.44. The first-order chi connectivity index (χ1) is 18.3. The van der Waals surface area contributed by atoms with Crippen LogP contribution in [0.5, 0.6) is 0 Å². The molecule has 0 radical (unpaired) electrons. The summed E-state index contributed by atoms with van der Waals surface area (Å²) in [4.78, 5) is 31.4. The zero-order valence-electron chi connectivity index (χ0n) is 21.0. The monoisotopic (exact) mass is 522 g/mol. The van der Waals surface area contributed by atoms with E-state index in [9.17, 15) is 22.8 Å². The molecule has 0 aromatic heterocycles. The van der Waals surface area contributed by atoms with Crippen LogP contribution in [0.15, 0.2) is 72.8 Å². The molecule has 2 heterocycles. The first kappa shape index (κ1) is 25.6. The van der Waals surface area contributed by atoms with E-state index in [2.05, 4.69) is 5.32 Å². The van der Waals surface area contributed by atoms with E-state index >= 15 is 0 Å². The maximum Gasteiger partial charge on any atom is 0.416 e. The Labute approximate surface area is 219 Å². The van der Waals surface area contributed by atoms with Crippen LogP contribution in [0.25, 0.3) is 0 Å². The number of hydrogen-bond acceptors (Lipinski definition) is 4. The van der Waals surface area contributed by atoms with Crippen LogP contribution in [0.2, 0.25) is 0 Å². The zero-order chi connectivity index (χ0) is 26.9. The largest absolute Gasteiger partial charge is 0.416 e. The standard InChI is InChI=1S/C29H29F3N4O2/c1-2-14-36-26(24-8-3-4-9-25(24)28(36)38)33-22-12-10-20(11-13-22)27(37)35-17-15-34(16-18-35)23-7-5-6-21(19-23)29(30,31)32/h3-13,19,26,33H,2,14-18H2,1H3/t26-/m0/s1. The minimum Gasteiger partial charge on any atom is -0.368 e. The Kier molecular flexibility index (Phi) is 7.01. The van der Waals surface area contributed by atoms with E-state index in [1.54, 1.807) is 23.1 Å². The fourth-order valence-electron chi connectivity index (χ4n) is 5.09. The molecular formula is C29H29F3N4O2. The van der Waals surface area contributed by atoms with Crippen molar-refractivity contribution in [2.24, 2.45) is 0 Å². The van der Waals surface area contributed by atoms with Gasteiger partial charge in [0.05, 0.1) is 5.56 Å². The van der Waals surface area contributed by atoms with E-state index in [-0.39, 0.29) is 18.0 Å². The van der Waals surface area contributed by atoms with Gasteiger partial charge in [0.25, 0.3) is 11.8 Å². The van der Waals surface area contributed by atoms with Crippen molar-refractivity contribution in [2.45, 2.75) is 25.7 Å². The van der Waals surface area contributed by atoms with Crippen molar-refractivity contribution in [3.63, 3.8) is 0 Å². The number of fused-ring (bicyclic) bond motifs is 1. The molecule has 0 unspecified atom stereocenters. The lowest BCUT2D eigenvalue weighted by Crippen LogP contribution is -2.48. The first-order valence-electron chi connectivity index (χ1n) is 12.7. The predicted molar refractivity (Wildman–Crippen MR) is 140 cm³/mol. The second kappa shape index (κ2) is 10.4. The van der Waals surface area contributed by atoms with Gasteiger partial charge in [-0.05, 0) is 55.0 Å². The van der Waals surface area contributed by atoms with Gasteiger partial charge in [-0.3, -0.25) is 9.59 Å². The van der Waals surface area contributed by atoms with E-state index in [1.165, 1.54) is 6.07 Å². The van der Waals surface area contributed by atoms with E-state index < -0.39 is 11.7 Å². The summed E-state index contributed by atoms with van der Waals surface area (Å²) >= 11 is 0. The topological polar surface area (TPSA) is 55.9 Å². The molecule has 2 aliphatic rings. The van der Waals surface area contributed by atoms with Crippen molar-refractivity contribution in [3.8, 4) is 0 Å². The normalized spacial score (nSPS) is 17.5. The first-order valence-corrected chi connectivity index (χ1v) is 12.7. The molecule has 5 rings (SSSR count). The maximum absolute atomic E-state index is 13.1. The number of alkyl halides is 3. The van der Waals surface area contributed by atoms with Gasteiger partial charge in [-0.2, -0.15) is 13.2 Å². The zero-order valence-corrected chi connectivity index (χ0v) is 21.0. The van der Waals surface area contributed by atoms with Gasteiger partial charge in [0.15, 0.2) is 0 Å². The van der Waals surface area contributed by atoms with E-state index in [1.807, 2.05) is 53.1 Å². The number of anilines is 2. The van der Waals surface area contributed by atoms with Crippen molar-refractivity contribution < 1.29 is 22.8 Å². The highest BCUT2D eigenvalue weighted by Gasteiger charge is 2.36. The molecule has 0 bridgehead atoms. The lowest BCUT2D eigenvalue weighted by Gasteiger charge is -2.36. The molecule has 0 spiro atoms. The third-order valence-electron chi connectivity index (χ3n) is 7.06. The van der Waals surface area contributed by atoms with Gasteiger partial charge >= 0.3 is 6.18 Å². The Bertz CT molecular complexity index is 1320. The Balaban J connectivity index is 1.22. The summed E-state index contributed by atoms with van der Waals surface area (Å²) in [6, 6.07) is 20.1. The van der Waals surface area contributed by atoms with Crippen molar-refractivity contribution in [1.29, 1.82) is 0 Å². The molecule has 198 valence electrons. The number of nitrogens with zero attached hydrogens (tertiary/aromatic N) is 3. The number of halogens is 3. The quantitative estimate of drug-likeness (QED) is 0.455. The number of hydrogen-bond donors (Lipinski definition) is 1. The van der Waals surface area contributed by atoms with E-state index in [0.717, 1.165) is 29.8 Å². The minimum atomic E-state index is -4.39. The van der Waals surface area contributed by atoms with Gasteiger partial charge < -0.3 is 20.0 Å². The number of benzene rings is 3. The lowest BCUT2D eigenvalue weighted by molar-refractivity contribution is -0.137. The second-order valence-corrected chi connectivity index (χ2v) is 9.54. The number of piperazine rings is 1. The van der Waals surface area contributed by atoms with Crippen LogP contribution in [0.3, 0.4) is 0 Å². The molecular weight excluding hydrogens is 493 g/mol. The van der Waals surface area contributed by atoms with Crippen molar-refractivity contribution in [1.82, 2.24) is 9.80 Å². The van der Waals surface area contributed by atoms with Crippen LogP contribution in [-0.2, 0) is 6.18 Å². The molecule has 2 amide bonds. The average molecular weight is 523 g/mol. The molecule has 1 atom stereocenters. The molecule has 0 saturated carbocycles. The molecule has 2 aliphatic heterocycles. The van der Waals surface area contributed by atoms with E-state index in [4.69, 9.17) is 0 Å². The third-order valence-corrected chi connectivity index (χ3v) is 7.06. The number of nitrogens with one attached hydrogen (secondary N) is 1. The van der Waals surface area contributed by atoms with Gasteiger partial charge in [0.2, 0.25) is 0 Å². The molecule has 1 fully saturated rings. The molecule has 0 aliphatic carbocycles. The molecule has 3 aromatic rings. The van der Waals surface area contributed by atoms with Crippen LogP contribution in [0, 0.1) is 0 Å². The van der Waals surface area contributed by atoms with Gasteiger partial charge in [-0.25, -0.2) is 0 Å². The average Bonchev–Trinajstić information content (AvgIpc) is 3.19. The number of rotatable bonds is 6. The fraction of sp³-hybridized carbons (Fsp3) is 0.310. The Morgan fingerprint density at radius 1 is 0.947 bits per heavy atom. The fourth-order valence-corrected chi connectivity index (χ4v) is 5.09. The Morgan fingerprint density at radius 3 is 2.34 bits per heavy atom. The third kappa shape index (κ3) is 5.05. The molecule has 38 heavy (non-hydrogen) atoms. The number of amides is 2.